The molecule has 4 aromatic rings. The Hall–Kier alpha value is -3.58. The molecule has 5 rings (SSSR count). The molecule has 0 aliphatic carbocycles. The lowest BCUT2D eigenvalue weighted by molar-refractivity contribution is -0.160. The van der Waals surface area contributed by atoms with Crippen molar-refractivity contribution >= 4 is 27.6 Å². The summed E-state index contributed by atoms with van der Waals surface area (Å²) >= 11 is 0. The van der Waals surface area contributed by atoms with Crippen molar-refractivity contribution in [2.24, 2.45) is 0 Å². The highest BCUT2D eigenvalue weighted by atomic mass is 19.2. The molecule has 7 heteroatoms. The average molecular weight is 478 g/mol. The van der Waals surface area contributed by atoms with Gasteiger partial charge >= 0.3 is 5.97 Å². The van der Waals surface area contributed by atoms with Crippen molar-refractivity contribution in [1.29, 1.82) is 0 Å². The molecule has 1 aliphatic heterocycles. The minimum atomic E-state index is -1.34. The second kappa shape index (κ2) is 8.27. The van der Waals surface area contributed by atoms with Crippen molar-refractivity contribution in [3.8, 4) is 16.9 Å². The van der Waals surface area contributed by atoms with Gasteiger partial charge in [0.2, 0.25) is 0 Å². The van der Waals surface area contributed by atoms with Crippen LogP contribution >= 0.6 is 0 Å². The van der Waals surface area contributed by atoms with Crippen LogP contribution in [-0.2, 0) is 16.0 Å². The summed E-state index contributed by atoms with van der Waals surface area (Å²) in [4.78, 5) is 17.1. The second-order valence-electron chi connectivity index (χ2n) is 9.82. The smallest absolute Gasteiger partial charge is 0.337 e. The molecule has 1 atom stereocenters. The predicted molar refractivity (Wildman–Crippen MR) is 130 cm³/mol. The molecule has 0 saturated carbocycles. The highest BCUT2D eigenvalue weighted by Gasteiger charge is 2.33. The van der Waals surface area contributed by atoms with Crippen molar-refractivity contribution in [1.82, 2.24) is 4.98 Å². The topological polar surface area (TPSA) is 68.7 Å². The average Bonchev–Trinajstić information content (AvgIpc) is 2.78. The fourth-order valence-electron chi connectivity index (χ4n) is 4.87. The van der Waals surface area contributed by atoms with Gasteiger partial charge in [0.1, 0.15) is 5.75 Å². The molecule has 0 amide bonds. The number of carboxylic acid groups (broad SMARTS) is 1. The fourth-order valence-corrected chi connectivity index (χ4v) is 4.87. The number of nitrogens with zero attached hydrogens (tertiary/aromatic N) is 1. The van der Waals surface area contributed by atoms with Crippen LogP contribution in [0.5, 0.6) is 5.75 Å². The van der Waals surface area contributed by atoms with E-state index in [1.165, 1.54) is 0 Å². The quantitative estimate of drug-likeness (QED) is 0.363. The lowest BCUT2D eigenvalue weighted by Gasteiger charge is -2.29. The van der Waals surface area contributed by atoms with Gasteiger partial charge in [0.05, 0.1) is 17.7 Å². The van der Waals surface area contributed by atoms with Crippen LogP contribution in [0.2, 0.25) is 0 Å². The second-order valence-corrected chi connectivity index (χ2v) is 9.82. The van der Waals surface area contributed by atoms with Gasteiger partial charge < -0.3 is 14.6 Å². The zero-order valence-corrected chi connectivity index (χ0v) is 19.9. The number of pyridine rings is 1. The van der Waals surface area contributed by atoms with E-state index in [-0.39, 0.29) is 0 Å². The van der Waals surface area contributed by atoms with Crippen LogP contribution in [0.3, 0.4) is 0 Å². The van der Waals surface area contributed by atoms with E-state index in [0.29, 0.717) is 57.3 Å². The molecule has 0 fully saturated rings. The van der Waals surface area contributed by atoms with E-state index in [2.05, 4.69) is 4.98 Å². The van der Waals surface area contributed by atoms with Crippen LogP contribution in [0.25, 0.3) is 32.8 Å². The van der Waals surface area contributed by atoms with Crippen molar-refractivity contribution in [2.75, 3.05) is 6.61 Å². The number of hydrogen-bond acceptors (Lipinski definition) is 4. The van der Waals surface area contributed by atoms with Gasteiger partial charge in [0, 0.05) is 29.1 Å². The third kappa shape index (κ3) is 4.00. The number of aryl methyl sites for hydroxylation is 1. The highest BCUT2D eigenvalue weighted by molar-refractivity contribution is 6.08. The Kier molecular flexibility index (Phi) is 5.48. The summed E-state index contributed by atoms with van der Waals surface area (Å²) in [7, 11) is 0. The fraction of sp³-hybridized carbons (Fsp3) is 0.286. The summed E-state index contributed by atoms with van der Waals surface area (Å²) in [6.45, 7) is 7.62. The van der Waals surface area contributed by atoms with Crippen LogP contribution in [0, 0.1) is 18.6 Å². The number of benzene rings is 3. The van der Waals surface area contributed by atoms with Gasteiger partial charge in [0.15, 0.2) is 17.7 Å². The zero-order chi connectivity index (χ0) is 25.1. The van der Waals surface area contributed by atoms with E-state index >= 15 is 0 Å². The van der Waals surface area contributed by atoms with Gasteiger partial charge in [-0.3, -0.25) is 4.98 Å². The van der Waals surface area contributed by atoms with Crippen LogP contribution in [0.15, 0.2) is 42.6 Å². The molecule has 1 N–H and O–H groups in total. The van der Waals surface area contributed by atoms with E-state index in [1.807, 2.05) is 12.1 Å². The summed E-state index contributed by atoms with van der Waals surface area (Å²) in [5.41, 5.74) is 2.93. The first kappa shape index (κ1) is 23.2. The maximum absolute atomic E-state index is 14.6. The molecule has 1 aromatic heterocycles. The zero-order valence-electron chi connectivity index (χ0n) is 19.9. The molecule has 1 aliphatic rings. The van der Waals surface area contributed by atoms with Crippen LogP contribution in [0.4, 0.5) is 8.78 Å². The number of hydrogen-bond donors (Lipinski definition) is 1. The first-order valence-electron chi connectivity index (χ1n) is 11.4. The number of fused-ring (bicyclic) bond motifs is 1. The molecule has 5 nitrogen and oxygen atoms in total. The molecular weight excluding hydrogens is 452 g/mol. The number of carboxylic acids is 1. The van der Waals surface area contributed by atoms with Gasteiger partial charge in [0.25, 0.3) is 0 Å². The van der Waals surface area contributed by atoms with E-state index in [4.69, 9.17) is 9.47 Å². The van der Waals surface area contributed by atoms with Crippen LogP contribution < -0.4 is 4.74 Å². The van der Waals surface area contributed by atoms with E-state index < -0.39 is 29.3 Å². The normalized spacial score (nSPS) is 14.2. The van der Waals surface area contributed by atoms with Gasteiger partial charge in [-0.1, -0.05) is 6.07 Å². The van der Waals surface area contributed by atoms with Crippen molar-refractivity contribution in [3.63, 3.8) is 0 Å². The van der Waals surface area contributed by atoms with E-state index in [9.17, 15) is 18.7 Å². The monoisotopic (exact) mass is 477 g/mol. The third-order valence-electron chi connectivity index (χ3n) is 6.22. The molecule has 2 heterocycles. The lowest BCUT2D eigenvalue weighted by Crippen LogP contribution is -2.28. The third-order valence-corrected chi connectivity index (χ3v) is 6.22. The lowest BCUT2D eigenvalue weighted by atomic mass is 9.85. The largest absolute Gasteiger partial charge is 0.493 e. The summed E-state index contributed by atoms with van der Waals surface area (Å²) in [5, 5.41) is 11.9. The van der Waals surface area contributed by atoms with Gasteiger partial charge in [-0.15, -0.1) is 0 Å². The van der Waals surface area contributed by atoms with Gasteiger partial charge in [-0.05, 0) is 85.5 Å². The molecule has 180 valence electrons. The van der Waals surface area contributed by atoms with Crippen LogP contribution in [0.1, 0.15) is 43.6 Å². The van der Waals surface area contributed by atoms with E-state index in [0.717, 1.165) is 23.1 Å². The molecule has 0 bridgehead atoms. The molecule has 0 saturated heterocycles. The molecule has 0 spiro atoms. The number of halogens is 2. The minimum Gasteiger partial charge on any atom is -0.493 e. The number of aromatic nitrogens is 1. The predicted octanol–water partition coefficient (Wildman–Crippen LogP) is 6.52. The van der Waals surface area contributed by atoms with Crippen molar-refractivity contribution in [3.05, 3.63) is 70.9 Å². The van der Waals surface area contributed by atoms with Crippen molar-refractivity contribution in [2.45, 2.75) is 45.8 Å². The number of ether oxygens (including phenoxy) is 2. The Morgan fingerprint density at radius 1 is 1.14 bits per heavy atom. The Bertz CT molecular complexity index is 1500. The SMILES string of the molecule is Cc1cc2cc(F)c(F)cc2c(-c2ccc3c4c(ccnc24)CCO3)c1[C@@H](OC(C)(C)C)C(=O)O. The summed E-state index contributed by atoms with van der Waals surface area (Å²) in [6.07, 6.45) is 1.07. The van der Waals surface area contributed by atoms with Gasteiger partial charge in [-0.2, -0.15) is 0 Å². The molecule has 0 radical (unpaired) electrons. The van der Waals surface area contributed by atoms with E-state index in [1.54, 1.807) is 46.0 Å². The van der Waals surface area contributed by atoms with Crippen LogP contribution in [-0.4, -0.2) is 28.3 Å². The number of rotatable bonds is 4. The maximum atomic E-state index is 14.6. The Morgan fingerprint density at radius 3 is 2.60 bits per heavy atom. The number of aliphatic carboxylic acids is 1. The minimum absolute atomic E-state index is 0.380. The summed E-state index contributed by atoms with van der Waals surface area (Å²) in [5.74, 6) is -2.48. The summed E-state index contributed by atoms with van der Waals surface area (Å²) in [6, 6.07) is 9.47. The first-order chi connectivity index (χ1) is 16.5. The van der Waals surface area contributed by atoms with Crippen molar-refractivity contribution < 1.29 is 28.2 Å². The molecule has 35 heavy (non-hydrogen) atoms. The molecular formula is C28H25F2NO4. The highest BCUT2D eigenvalue weighted by Crippen LogP contribution is 2.45. The standard InChI is InChI=1S/C28H25F2NO4/c1-14-11-16-12-19(29)20(30)13-18(16)24(22(14)26(27(32)33)35-28(2,3)4)17-5-6-21-23-15(8-10-34-21)7-9-31-25(17)23/h5-7,9,11-13,26H,8,10H2,1-4H3,(H,32,33)/t26-/m1/s1. The number of carbonyl (C=O) groups is 1. The maximum Gasteiger partial charge on any atom is 0.337 e. The Balaban J connectivity index is 1.94. The first-order valence-corrected chi connectivity index (χ1v) is 11.4. The Labute approximate surface area is 201 Å². The summed E-state index contributed by atoms with van der Waals surface area (Å²) < 4.78 is 40.6. The Morgan fingerprint density at radius 2 is 1.89 bits per heavy atom. The van der Waals surface area contributed by atoms with Gasteiger partial charge in [-0.25, -0.2) is 13.6 Å². The molecule has 3 aromatic carbocycles. The molecule has 0 unspecified atom stereocenters.